The van der Waals surface area contributed by atoms with Gasteiger partial charge in [0.05, 0.1) is 0 Å². The average molecular weight is 294 g/mol. The maximum atomic E-state index is 3.96. The molecule has 0 aliphatic heterocycles. The van der Waals surface area contributed by atoms with Crippen LogP contribution >= 0.6 is 0 Å². The lowest BCUT2D eigenvalue weighted by molar-refractivity contribution is 0.295. The molecule has 0 N–H and O–H groups in total. The van der Waals surface area contributed by atoms with Crippen molar-refractivity contribution in [2.24, 2.45) is 17.8 Å². The zero-order chi connectivity index (χ0) is 15.4. The van der Waals surface area contributed by atoms with E-state index < -0.39 is 0 Å². The largest absolute Gasteiger partial charge is 0.103 e. The van der Waals surface area contributed by atoms with Crippen molar-refractivity contribution in [2.75, 3.05) is 0 Å². The molecule has 3 rings (SSSR count). The number of rotatable bonds is 5. The number of allylic oxidation sites excluding steroid dienone is 2. The van der Waals surface area contributed by atoms with E-state index in [9.17, 15) is 0 Å². The zero-order valence-electron chi connectivity index (χ0n) is 13.8. The summed E-state index contributed by atoms with van der Waals surface area (Å²) in [7, 11) is 0. The van der Waals surface area contributed by atoms with Gasteiger partial charge in [0.15, 0.2) is 0 Å². The van der Waals surface area contributed by atoms with Crippen molar-refractivity contribution in [1.29, 1.82) is 0 Å². The molecule has 2 fully saturated rings. The van der Waals surface area contributed by atoms with Crippen LogP contribution in [0.15, 0.2) is 49.6 Å². The Hall–Kier alpha value is -1.30. The molecule has 0 aromatic heterocycles. The Labute approximate surface area is 136 Å². The van der Waals surface area contributed by atoms with Gasteiger partial charge in [0.25, 0.3) is 0 Å². The Balaban J connectivity index is 1.65. The van der Waals surface area contributed by atoms with Crippen molar-refractivity contribution < 1.29 is 0 Å². The Morgan fingerprint density at radius 1 is 0.864 bits per heavy atom. The highest BCUT2D eigenvalue weighted by Crippen LogP contribution is 2.48. The van der Waals surface area contributed by atoms with Crippen LogP contribution in [0.2, 0.25) is 0 Å². The first-order valence-electron chi connectivity index (χ1n) is 9.12. The minimum Gasteiger partial charge on any atom is -0.103 e. The van der Waals surface area contributed by atoms with Gasteiger partial charge in [-0.2, -0.15) is 0 Å². The van der Waals surface area contributed by atoms with Crippen molar-refractivity contribution in [1.82, 2.24) is 0 Å². The predicted octanol–water partition coefficient (Wildman–Crippen LogP) is 6.29. The molecule has 1 aromatic carbocycles. The van der Waals surface area contributed by atoms with Crippen molar-refractivity contribution in [2.45, 2.75) is 57.3 Å². The standard InChI is InChI=1S/C22H30/c1-3-5-17-7-9-18(10-8-17)19-11-12-21-14-13-20(6-4-2)22(21)16-15-19/h3-4,7-10,19-22H,1-2,5-6,11-16H2. The van der Waals surface area contributed by atoms with Crippen molar-refractivity contribution in [3.8, 4) is 0 Å². The van der Waals surface area contributed by atoms with E-state index >= 15 is 0 Å². The Kier molecular flexibility index (Phi) is 5.18. The van der Waals surface area contributed by atoms with Crippen LogP contribution in [0.25, 0.3) is 0 Å². The summed E-state index contributed by atoms with van der Waals surface area (Å²) in [5.74, 6) is 3.68. The fourth-order valence-corrected chi connectivity index (χ4v) is 4.96. The minimum atomic E-state index is 0.785. The molecule has 4 unspecified atom stereocenters. The van der Waals surface area contributed by atoms with E-state index in [2.05, 4.69) is 43.5 Å². The monoisotopic (exact) mass is 294 g/mol. The molecule has 2 aliphatic carbocycles. The van der Waals surface area contributed by atoms with E-state index in [0.29, 0.717) is 0 Å². The van der Waals surface area contributed by atoms with Gasteiger partial charge in [-0.15, -0.1) is 13.2 Å². The highest BCUT2D eigenvalue weighted by atomic mass is 14.4. The molecule has 0 amide bonds. The van der Waals surface area contributed by atoms with Crippen LogP contribution in [0.4, 0.5) is 0 Å². The Morgan fingerprint density at radius 3 is 2.32 bits per heavy atom. The number of hydrogen-bond acceptors (Lipinski definition) is 0. The van der Waals surface area contributed by atoms with Crippen LogP contribution in [0.5, 0.6) is 0 Å². The SMILES string of the molecule is C=CCc1ccc(C2CCC3CCC(CC=C)C3CC2)cc1. The molecular formula is C22H30. The third-order valence-electron chi connectivity index (χ3n) is 6.15. The first kappa shape index (κ1) is 15.6. The van der Waals surface area contributed by atoms with Gasteiger partial charge in [-0.25, -0.2) is 0 Å². The Morgan fingerprint density at radius 2 is 1.59 bits per heavy atom. The van der Waals surface area contributed by atoms with Gasteiger partial charge in [0.2, 0.25) is 0 Å². The van der Waals surface area contributed by atoms with Gasteiger partial charge in [-0.1, -0.05) is 36.4 Å². The minimum absolute atomic E-state index is 0.785. The molecule has 0 heteroatoms. The average Bonchev–Trinajstić information content (AvgIpc) is 2.79. The second-order valence-electron chi connectivity index (χ2n) is 7.37. The summed E-state index contributed by atoms with van der Waals surface area (Å²) < 4.78 is 0. The molecule has 0 radical (unpaired) electrons. The van der Waals surface area contributed by atoms with Gasteiger partial charge < -0.3 is 0 Å². The predicted molar refractivity (Wildman–Crippen MR) is 96.1 cm³/mol. The van der Waals surface area contributed by atoms with Crippen LogP contribution in [0.1, 0.15) is 62.0 Å². The van der Waals surface area contributed by atoms with Crippen molar-refractivity contribution in [3.63, 3.8) is 0 Å². The first-order chi connectivity index (χ1) is 10.8. The van der Waals surface area contributed by atoms with E-state index in [0.717, 1.165) is 30.1 Å². The maximum Gasteiger partial charge on any atom is -0.0100 e. The third-order valence-corrected chi connectivity index (χ3v) is 6.15. The van der Waals surface area contributed by atoms with Crippen LogP contribution < -0.4 is 0 Å². The summed E-state index contributed by atoms with van der Waals surface area (Å²) in [5.41, 5.74) is 2.95. The highest BCUT2D eigenvalue weighted by Gasteiger charge is 2.37. The van der Waals surface area contributed by atoms with E-state index in [4.69, 9.17) is 0 Å². The van der Waals surface area contributed by atoms with E-state index in [1.54, 1.807) is 5.56 Å². The van der Waals surface area contributed by atoms with E-state index in [1.165, 1.54) is 50.5 Å². The molecule has 0 heterocycles. The van der Waals surface area contributed by atoms with Gasteiger partial charge in [0.1, 0.15) is 0 Å². The molecule has 1 aromatic rings. The Bertz CT molecular complexity index is 495. The smallest absolute Gasteiger partial charge is 0.0100 e. The summed E-state index contributed by atoms with van der Waals surface area (Å²) in [6.07, 6.45) is 14.9. The summed E-state index contributed by atoms with van der Waals surface area (Å²) in [6.45, 7) is 7.79. The molecule has 0 nitrogen and oxygen atoms in total. The third kappa shape index (κ3) is 3.37. The van der Waals surface area contributed by atoms with Crippen molar-refractivity contribution in [3.05, 3.63) is 60.7 Å². The molecule has 2 aliphatic rings. The topological polar surface area (TPSA) is 0 Å². The van der Waals surface area contributed by atoms with Crippen LogP contribution in [-0.2, 0) is 6.42 Å². The maximum absolute atomic E-state index is 3.96. The second-order valence-corrected chi connectivity index (χ2v) is 7.37. The van der Waals surface area contributed by atoms with Crippen LogP contribution in [-0.4, -0.2) is 0 Å². The first-order valence-corrected chi connectivity index (χ1v) is 9.12. The van der Waals surface area contributed by atoms with Crippen LogP contribution in [0, 0.1) is 17.8 Å². The number of hydrogen-bond donors (Lipinski definition) is 0. The van der Waals surface area contributed by atoms with Crippen molar-refractivity contribution >= 4 is 0 Å². The number of fused-ring (bicyclic) bond motifs is 1. The van der Waals surface area contributed by atoms with Gasteiger partial charge in [-0.3, -0.25) is 0 Å². The lowest BCUT2D eigenvalue weighted by Crippen LogP contribution is -2.13. The normalized spacial score (nSPS) is 31.3. The fourth-order valence-electron chi connectivity index (χ4n) is 4.96. The van der Waals surface area contributed by atoms with Gasteiger partial charge in [-0.05, 0) is 86.2 Å². The van der Waals surface area contributed by atoms with E-state index in [-0.39, 0.29) is 0 Å². The summed E-state index contributed by atoms with van der Waals surface area (Å²) in [6, 6.07) is 9.32. The zero-order valence-corrected chi connectivity index (χ0v) is 13.8. The summed E-state index contributed by atoms with van der Waals surface area (Å²) in [5, 5.41) is 0. The van der Waals surface area contributed by atoms with E-state index in [1.807, 2.05) is 6.08 Å². The molecule has 4 atom stereocenters. The molecule has 118 valence electrons. The summed E-state index contributed by atoms with van der Waals surface area (Å²) >= 11 is 0. The van der Waals surface area contributed by atoms with Gasteiger partial charge >= 0.3 is 0 Å². The molecule has 0 bridgehead atoms. The lowest BCUT2D eigenvalue weighted by Gasteiger charge is -2.21. The van der Waals surface area contributed by atoms with Crippen LogP contribution in [0.3, 0.4) is 0 Å². The molecule has 2 saturated carbocycles. The second kappa shape index (κ2) is 7.31. The fraction of sp³-hybridized carbons (Fsp3) is 0.545. The number of benzene rings is 1. The van der Waals surface area contributed by atoms with Gasteiger partial charge in [0, 0.05) is 0 Å². The molecule has 0 spiro atoms. The molecular weight excluding hydrogens is 264 g/mol. The summed E-state index contributed by atoms with van der Waals surface area (Å²) in [4.78, 5) is 0. The lowest BCUT2D eigenvalue weighted by atomic mass is 9.84. The molecule has 0 saturated heterocycles. The molecule has 22 heavy (non-hydrogen) atoms. The highest BCUT2D eigenvalue weighted by molar-refractivity contribution is 5.26. The quantitative estimate of drug-likeness (QED) is 0.560.